The van der Waals surface area contributed by atoms with Crippen LogP contribution in [-0.2, 0) is 17.9 Å². The minimum Gasteiger partial charge on any atom is -0.493 e. The third-order valence-electron chi connectivity index (χ3n) is 5.74. The van der Waals surface area contributed by atoms with Gasteiger partial charge in [0.25, 0.3) is 0 Å². The molecule has 0 radical (unpaired) electrons. The quantitative estimate of drug-likeness (QED) is 0.837. The molecule has 28 heavy (non-hydrogen) atoms. The van der Waals surface area contributed by atoms with Crippen LogP contribution in [0.25, 0.3) is 0 Å². The number of rotatable bonds is 5. The number of amides is 1. The zero-order valence-electron chi connectivity index (χ0n) is 16.4. The molecule has 0 saturated heterocycles. The highest BCUT2D eigenvalue weighted by Crippen LogP contribution is 2.39. The van der Waals surface area contributed by atoms with Gasteiger partial charge in [0.1, 0.15) is 6.61 Å². The lowest BCUT2D eigenvalue weighted by Gasteiger charge is -2.33. The minimum atomic E-state index is 0.224. The van der Waals surface area contributed by atoms with E-state index < -0.39 is 0 Å². The number of hydrogen-bond acceptors (Lipinski definition) is 4. The molecular weight excluding hydrogens is 352 g/mol. The van der Waals surface area contributed by atoms with Gasteiger partial charge in [0.2, 0.25) is 5.91 Å². The second kappa shape index (κ2) is 8.55. The number of nitrogens with one attached hydrogen (secondary N) is 1. The Balaban J connectivity index is 1.67. The summed E-state index contributed by atoms with van der Waals surface area (Å²) in [7, 11) is 1.66. The second-order valence-corrected chi connectivity index (χ2v) is 7.53. The van der Waals surface area contributed by atoms with Crippen LogP contribution in [0.2, 0.25) is 0 Å². The van der Waals surface area contributed by atoms with E-state index in [-0.39, 0.29) is 5.91 Å². The molecule has 1 aliphatic carbocycles. The van der Waals surface area contributed by atoms with Crippen molar-refractivity contribution in [3.8, 4) is 11.5 Å². The van der Waals surface area contributed by atoms with E-state index in [4.69, 9.17) is 9.47 Å². The maximum absolute atomic E-state index is 12.8. The number of fused-ring (bicyclic) bond motifs is 1. The lowest BCUT2D eigenvalue weighted by atomic mass is 10.1. The van der Waals surface area contributed by atoms with Crippen LogP contribution in [-0.4, -0.2) is 30.5 Å². The summed E-state index contributed by atoms with van der Waals surface area (Å²) in [5, 5.41) is 3.41. The van der Waals surface area contributed by atoms with Gasteiger partial charge in [-0.05, 0) is 30.5 Å². The molecule has 1 saturated carbocycles. The van der Waals surface area contributed by atoms with Crippen molar-refractivity contribution in [2.24, 2.45) is 0 Å². The van der Waals surface area contributed by atoms with Gasteiger partial charge < -0.3 is 19.7 Å². The van der Waals surface area contributed by atoms with Gasteiger partial charge in [-0.15, -0.1) is 0 Å². The molecule has 2 aromatic carbocycles. The average Bonchev–Trinajstić information content (AvgIpc) is 3.24. The van der Waals surface area contributed by atoms with Gasteiger partial charge in [0.05, 0.1) is 13.7 Å². The van der Waals surface area contributed by atoms with Crippen LogP contribution in [0.5, 0.6) is 11.5 Å². The zero-order valence-corrected chi connectivity index (χ0v) is 16.4. The van der Waals surface area contributed by atoms with E-state index in [1.165, 1.54) is 12.8 Å². The van der Waals surface area contributed by atoms with E-state index in [1.54, 1.807) is 7.11 Å². The molecular formula is C23H28N2O3. The summed E-state index contributed by atoms with van der Waals surface area (Å²) >= 11 is 0. The molecule has 2 aliphatic rings. The molecule has 0 aromatic heterocycles. The summed E-state index contributed by atoms with van der Waals surface area (Å²) in [5.41, 5.74) is 3.14. The highest BCUT2D eigenvalue weighted by atomic mass is 16.5. The van der Waals surface area contributed by atoms with E-state index in [1.807, 2.05) is 42.5 Å². The maximum atomic E-state index is 12.8. The topological polar surface area (TPSA) is 50.8 Å². The van der Waals surface area contributed by atoms with Crippen LogP contribution >= 0.6 is 0 Å². The Bertz CT molecular complexity index is 816. The molecule has 0 spiro atoms. The molecule has 5 heteroatoms. The molecule has 1 heterocycles. The van der Waals surface area contributed by atoms with Crippen molar-refractivity contribution in [3.63, 3.8) is 0 Å². The predicted molar refractivity (Wildman–Crippen MR) is 110 cm³/mol. The summed E-state index contributed by atoms with van der Waals surface area (Å²) in [6, 6.07) is 14.4. The number of carbonyl (C=O) groups excluding carboxylic acids is 1. The average molecular weight is 380 g/mol. The Kier molecular flexibility index (Phi) is 5.70. The molecule has 2 aromatic rings. The molecule has 0 atom stereocenters. The summed E-state index contributed by atoms with van der Waals surface area (Å²) in [6.07, 6.45) is 5.13. The molecule has 1 amide bonds. The molecule has 0 unspecified atom stereocenters. The number of benzene rings is 2. The van der Waals surface area contributed by atoms with Crippen molar-refractivity contribution in [2.45, 2.75) is 51.3 Å². The predicted octanol–water partition coefficient (Wildman–Crippen LogP) is 4.36. The van der Waals surface area contributed by atoms with Crippen molar-refractivity contribution in [2.75, 3.05) is 19.0 Å². The smallest absolute Gasteiger partial charge is 0.224 e. The van der Waals surface area contributed by atoms with Crippen molar-refractivity contribution in [3.05, 3.63) is 53.6 Å². The van der Waals surface area contributed by atoms with Gasteiger partial charge in [-0.2, -0.15) is 0 Å². The number of methoxy groups -OCH3 is 1. The lowest BCUT2D eigenvalue weighted by molar-refractivity contribution is -0.134. The van der Waals surface area contributed by atoms with Crippen LogP contribution < -0.4 is 14.8 Å². The Labute approximate surface area is 166 Å². The zero-order chi connectivity index (χ0) is 19.3. The first-order valence-electron chi connectivity index (χ1n) is 10.2. The van der Waals surface area contributed by atoms with Gasteiger partial charge in [-0.1, -0.05) is 43.2 Å². The van der Waals surface area contributed by atoms with E-state index >= 15 is 0 Å². The fourth-order valence-electron chi connectivity index (χ4n) is 4.23. The number of hydrogen-bond donors (Lipinski definition) is 1. The van der Waals surface area contributed by atoms with Crippen molar-refractivity contribution >= 4 is 11.6 Å². The minimum absolute atomic E-state index is 0.224. The largest absolute Gasteiger partial charge is 0.493 e. The summed E-state index contributed by atoms with van der Waals surface area (Å²) in [5.74, 6) is 1.66. The molecule has 1 N–H and O–H groups in total. The molecule has 0 bridgehead atoms. The van der Waals surface area contributed by atoms with Crippen molar-refractivity contribution in [1.82, 2.24) is 4.90 Å². The Morgan fingerprint density at radius 2 is 1.89 bits per heavy atom. The van der Waals surface area contributed by atoms with Crippen molar-refractivity contribution < 1.29 is 14.3 Å². The number of carbonyl (C=O) groups is 1. The molecule has 1 aliphatic heterocycles. The molecule has 4 rings (SSSR count). The van der Waals surface area contributed by atoms with Crippen LogP contribution in [0, 0.1) is 0 Å². The normalized spacial score (nSPS) is 17.5. The summed E-state index contributed by atoms with van der Waals surface area (Å²) in [6.45, 7) is 1.66. The Hall–Kier alpha value is -2.69. The van der Waals surface area contributed by atoms with E-state index in [0.717, 1.165) is 35.4 Å². The van der Waals surface area contributed by atoms with Gasteiger partial charge in [0, 0.05) is 30.3 Å². The molecule has 1 fully saturated rings. The second-order valence-electron chi connectivity index (χ2n) is 7.53. The molecule has 148 valence electrons. The van der Waals surface area contributed by atoms with Crippen LogP contribution in [0.4, 0.5) is 5.69 Å². The van der Waals surface area contributed by atoms with E-state index in [0.29, 0.717) is 37.9 Å². The van der Waals surface area contributed by atoms with Crippen LogP contribution in [0.15, 0.2) is 42.5 Å². The lowest BCUT2D eigenvalue weighted by Crippen LogP contribution is -2.40. The first kappa shape index (κ1) is 18.7. The van der Waals surface area contributed by atoms with Crippen LogP contribution in [0.3, 0.4) is 0 Å². The third kappa shape index (κ3) is 3.93. The molecule has 5 nitrogen and oxygen atoms in total. The van der Waals surface area contributed by atoms with Crippen LogP contribution in [0.1, 0.15) is 43.2 Å². The van der Waals surface area contributed by atoms with Gasteiger partial charge in [0.15, 0.2) is 11.5 Å². The standard InChI is InChI=1S/C23H28N2O3/c1-27-21-12-11-20-19(23(21)28-16-17-7-3-2-4-8-17)15-25(18-9-5-6-10-18)22(26)13-14-24-20/h2-4,7-8,11-12,18,24H,5-6,9-10,13-16H2,1H3. The van der Waals surface area contributed by atoms with Gasteiger partial charge in [-0.3, -0.25) is 4.79 Å². The van der Waals surface area contributed by atoms with Gasteiger partial charge >= 0.3 is 0 Å². The highest BCUT2D eigenvalue weighted by Gasteiger charge is 2.30. The first-order chi connectivity index (χ1) is 13.8. The van der Waals surface area contributed by atoms with E-state index in [2.05, 4.69) is 10.2 Å². The maximum Gasteiger partial charge on any atom is 0.224 e. The highest BCUT2D eigenvalue weighted by molar-refractivity contribution is 5.79. The SMILES string of the molecule is COc1ccc2c(c1OCc1ccccc1)CN(C1CCCC1)C(=O)CCN2. The Morgan fingerprint density at radius 1 is 1.11 bits per heavy atom. The van der Waals surface area contributed by atoms with Gasteiger partial charge in [-0.25, -0.2) is 0 Å². The number of anilines is 1. The number of ether oxygens (including phenoxy) is 2. The van der Waals surface area contributed by atoms with E-state index in [9.17, 15) is 4.79 Å². The fourth-order valence-corrected chi connectivity index (χ4v) is 4.23. The van der Waals surface area contributed by atoms with Crippen molar-refractivity contribution in [1.29, 1.82) is 0 Å². The summed E-state index contributed by atoms with van der Waals surface area (Å²) in [4.78, 5) is 14.9. The summed E-state index contributed by atoms with van der Waals surface area (Å²) < 4.78 is 11.9. The number of nitrogens with zero attached hydrogens (tertiary/aromatic N) is 1. The first-order valence-corrected chi connectivity index (χ1v) is 10.2. The third-order valence-corrected chi connectivity index (χ3v) is 5.74. The Morgan fingerprint density at radius 3 is 2.64 bits per heavy atom. The monoisotopic (exact) mass is 380 g/mol. The fraction of sp³-hybridized carbons (Fsp3) is 0.435.